The Bertz CT molecular complexity index is 376. The van der Waals surface area contributed by atoms with Crippen LogP contribution in [0.15, 0.2) is 29.2 Å². The SMILES string of the molecule is C#CCCCC(=O)c1ccccc1SC. The molecule has 1 rings (SSSR count). The Kier molecular flexibility index (Phi) is 5.00. The van der Waals surface area contributed by atoms with Gasteiger partial charge in [-0.15, -0.1) is 24.1 Å². The summed E-state index contributed by atoms with van der Waals surface area (Å²) in [5.74, 6) is 2.74. The van der Waals surface area contributed by atoms with Crippen LogP contribution in [-0.2, 0) is 0 Å². The maximum atomic E-state index is 11.8. The number of hydrogen-bond donors (Lipinski definition) is 0. The second kappa shape index (κ2) is 6.31. The minimum absolute atomic E-state index is 0.190. The van der Waals surface area contributed by atoms with Crippen molar-refractivity contribution in [2.45, 2.75) is 24.2 Å². The molecule has 0 heterocycles. The number of unbranched alkanes of at least 4 members (excludes halogenated alkanes) is 1. The van der Waals surface area contributed by atoms with E-state index in [1.54, 1.807) is 11.8 Å². The predicted octanol–water partition coefficient (Wildman–Crippen LogP) is 3.39. The molecule has 0 N–H and O–H groups in total. The van der Waals surface area contributed by atoms with Crippen molar-refractivity contribution in [1.29, 1.82) is 0 Å². The normalized spacial score (nSPS) is 9.60. The fourth-order valence-corrected chi connectivity index (χ4v) is 1.98. The molecule has 0 saturated carbocycles. The van der Waals surface area contributed by atoms with Crippen LogP contribution < -0.4 is 0 Å². The number of terminal acetylenes is 1. The first-order chi connectivity index (χ1) is 7.29. The van der Waals surface area contributed by atoms with Crippen molar-refractivity contribution in [3.63, 3.8) is 0 Å². The van der Waals surface area contributed by atoms with Crippen LogP contribution in [0.3, 0.4) is 0 Å². The fourth-order valence-electron chi connectivity index (χ4n) is 1.36. The topological polar surface area (TPSA) is 17.1 Å². The van der Waals surface area contributed by atoms with Crippen LogP contribution in [0.25, 0.3) is 0 Å². The summed E-state index contributed by atoms with van der Waals surface area (Å²) in [6, 6.07) is 7.70. The first-order valence-electron chi connectivity index (χ1n) is 4.89. The third kappa shape index (κ3) is 3.45. The van der Waals surface area contributed by atoms with Gasteiger partial charge in [-0.05, 0) is 18.7 Å². The van der Waals surface area contributed by atoms with Gasteiger partial charge >= 0.3 is 0 Å². The average Bonchev–Trinajstić information content (AvgIpc) is 2.29. The largest absolute Gasteiger partial charge is 0.294 e. The van der Waals surface area contributed by atoms with Crippen LogP contribution in [0, 0.1) is 12.3 Å². The lowest BCUT2D eigenvalue weighted by molar-refractivity contribution is 0.0978. The van der Waals surface area contributed by atoms with Crippen LogP contribution in [0.4, 0.5) is 0 Å². The molecule has 0 unspecified atom stereocenters. The molecule has 15 heavy (non-hydrogen) atoms. The van der Waals surface area contributed by atoms with E-state index in [4.69, 9.17) is 6.42 Å². The van der Waals surface area contributed by atoms with Crippen molar-refractivity contribution in [2.24, 2.45) is 0 Å². The smallest absolute Gasteiger partial charge is 0.164 e. The van der Waals surface area contributed by atoms with Crippen molar-refractivity contribution >= 4 is 17.5 Å². The van der Waals surface area contributed by atoms with Crippen LogP contribution in [0.5, 0.6) is 0 Å². The van der Waals surface area contributed by atoms with E-state index in [1.165, 1.54) is 0 Å². The monoisotopic (exact) mass is 218 g/mol. The number of ketones is 1. The fraction of sp³-hybridized carbons (Fsp3) is 0.308. The first-order valence-corrected chi connectivity index (χ1v) is 6.11. The van der Waals surface area contributed by atoms with E-state index in [0.29, 0.717) is 12.8 Å². The summed E-state index contributed by atoms with van der Waals surface area (Å²) in [6.45, 7) is 0. The van der Waals surface area contributed by atoms with Gasteiger partial charge in [0.25, 0.3) is 0 Å². The summed E-state index contributed by atoms with van der Waals surface area (Å²) in [7, 11) is 0. The Hall–Kier alpha value is -1.20. The molecule has 0 aliphatic heterocycles. The quantitative estimate of drug-likeness (QED) is 0.326. The number of carbonyl (C=O) groups is 1. The first kappa shape index (κ1) is 11.9. The van der Waals surface area contributed by atoms with E-state index >= 15 is 0 Å². The lowest BCUT2D eigenvalue weighted by Crippen LogP contribution is -2.00. The highest BCUT2D eigenvalue weighted by atomic mass is 32.2. The van der Waals surface area contributed by atoms with E-state index in [1.807, 2.05) is 30.5 Å². The summed E-state index contributed by atoms with van der Waals surface area (Å²) < 4.78 is 0. The standard InChI is InChI=1S/C13H14OS/c1-3-4-5-9-12(14)11-8-6-7-10-13(11)15-2/h1,6-8,10H,4-5,9H2,2H3. The Balaban J connectivity index is 2.69. The van der Waals surface area contributed by atoms with Gasteiger partial charge in [-0.3, -0.25) is 4.79 Å². The van der Waals surface area contributed by atoms with Gasteiger partial charge in [-0.2, -0.15) is 0 Å². The number of benzene rings is 1. The number of thioether (sulfide) groups is 1. The highest BCUT2D eigenvalue weighted by molar-refractivity contribution is 7.98. The van der Waals surface area contributed by atoms with Crippen molar-refractivity contribution in [1.82, 2.24) is 0 Å². The molecule has 0 saturated heterocycles. The van der Waals surface area contributed by atoms with Gasteiger partial charge in [0.15, 0.2) is 5.78 Å². The van der Waals surface area contributed by atoms with E-state index in [9.17, 15) is 4.79 Å². The number of Topliss-reactive ketones (excluding diaryl/α,β-unsaturated/α-hetero) is 1. The van der Waals surface area contributed by atoms with Crippen molar-refractivity contribution in [3.05, 3.63) is 29.8 Å². The molecule has 0 spiro atoms. The third-order valence-corrected chi connectivity index (χ3v) is 2.93. The zero-order chi connectivity index (χ0) is 11.1. The Morgan fingerprint density at radius 3 is 2.87 bits per heavy atom. The minimum atomic E-state index is 0.190. The van der Waals surface area contributed by atoms with Gasteiger partial charge in [0.2, 0.25) is 0 Å². The van der Waals surface area contributed by atoms with Gasteiger partial charge < -0.3 is 0 Å². The highest BCUT2D eigenvalue weighted by Crippen LogP contribution is 2.21. The Morgan fingerprint density at radius 2 is 2.20 bits per heavy atom. The van der Waals surface area contributed by atoms with Gasteiger partial charge in [0.1, 0.15) is 0 Å². The summed E-state index contributed by atoms with van der Waals surface area (Å²) in [5, 5.41) is 0. The molecule has 0 amide bonds. The van der Waals surface area contributed by atoms with Crippen LogP contribution in [0.1, 0.15) is 29.6 Å². The van der Waals surface area contributed by atoms with E-state index in [-0.39, 0.29) is 5.78 Å². The lowest BCUT2D eigenvalue weighted by atomic mass is 10.1. The van der Waals surface area contributed by atoms with Gasteiger partial charge in [0, 0.05) is 23.3 Å². The van der Waals surface area contributed by atoms with Crippen LogP contribution in [0.2, 0.25) is 0 Å². The molecule has 0 bridgehead atoms. The number of rotatable bonds is 5. The highest BCUT2D eigenvalue weighted by Gasteiger charge is 2.09. The second-order valence-corrected chi connectivity index (χ2v) is 4.03. The summed E-state index contributed by atoms with van der Waals surface area (Å²) >= 11 is 1.60. The van der Waals surface area contributed by atoms with Crippen LogP contribution in [-0.4, -0.2) is 12.0 Å². The van der Waals surface area contributed by atoms with E-state index in [0.717, 1.165) is 16.9 Å². The predicted molar refractivity (Wildman–Crippen MR) is 65.2 cm³/mol. The lowest BCUT2D eigenvalue weighted by Gasteiger charge is -2.04. The Morgan fingerprint density at radius 1 is 1.47 bits per heavy atom. The molecule has 0 aliphatic carbocycles. The zero-order valence-corrected chi connectivity index (χ0v) is 9.64. The molecule has 1 aromatic carbocycles. The van der Waals surface area contributed by atoms with Crippen molar-refractivity contribution < 1.29 is 4.79 Å². The molecule has 0 atom stereocenters. The molecule has 78 valence electrons. The molecule has 0 aliphatic rings. The van der Waals surface area contributed by atoms with Gasteiger partial charge in [-0.1, -0.05) is 18.2 Å². The second-order valence-electron chi connectivity index (χ2n) is 3.18. The zero-order valence-electron chi connectivity index (χ0n) is 8.82. The van der Waals surface area contributed by atoms with Crippen LogP contribution >= 0.6 is 11.8 Å². The maximum absolute atomic E-state index is 11.8. The molecule has 1 aromatic rings. The number of hydrogen-bond acceptors (Lipinski definition) is 2. The molecule has 2 heteroatoms. The van der Waals surface area contributed by atoms with Gasteiger partial charge in [-0.25, -0.2) is 0 Å². The molecule has 0 radical (unpaired) electrons. The van der Waals surface area contributed by atoms with E-state index < -0.39 is 0 Å². The average molecular weight is 218 g/mol. The molecule has 1 nitrogen and oxygen atoms in total. The maximum Gasteiger partial charge on any atom is 0.164 e. The Labute approximate surface area is 95.3 Å². The van der Waals surface area contributed by atoms with E-state index in [2.05, 4.69) is 5.92 Å². The summed E-state index contributed by atoms with van der Waals surface area (Å²) in [4.78, 5) is 12.9. The summed E-state index contributed by atoms with van der Waals surface area (Å²) in [5.41, 5.74) is 0.821. The molecule has 0 aromatic heterocycles. The molecular formula is C13H14OS. The minimum Gasteiger partial charge on any atom is -0.294 e. The van der Waals surface area contributed by atoms with Crippen molar-refractivity contribution in [3.8, 4) is 12.3 Å². The van der Waals surface area contributed by atoms with Gasteiger partial charge in [0.05, 0.1) is 0 Å². The third-order valence-electron chi connectivity index (χ3n) is 2.13. The molecular weight excluding hydrogens is 204 g/mol. The molecule has 0 fully saturated rings. The number of carbonyl (C=O) groups excluding carboxylic acids is 1. The van der Waals surface area contributed by atoms with Crippen molar-refractivity contribution in [2.75, 3.05) is 6.26 Å². The summed E-state index contributed by atoms with van der Waals surface area (Å²) in [6.07, 6.45) is 9.12.